The molecule has 3 rings (SSSR count). The molecule has 168 valence electrons. The predicted octanol–water partition coefficient (Wildman–Crippen LogP) is 3.20. The minimum atomic E-state index is -1.06. The summed E-state index contributed by atoms with van der Waals surface area (Å²) in [6, 6.07) is 23.1. The third-order valence-electron chi connectivity index (χ3n) is 5.02. The van der Waals surface area contributed by atoms with Gasteiger partial charge >= 0.3 is 5.97 Å². The molecule has 0 spiro atoms. The second-order valence-corrected chi connectivity index (χ2v) is 7.43. The molecular formula is C26H24N2O5. The number of amides is 2. The molecule has 0 aliphatic heterocycles. The molecule has 0 aromatic heterocycles. The number of hydrogen-bond acceptors (Lipinski definition) is 4. The van der Waals surface area contributed by atoms with Crippen molar-refractivity contribution in [2.24, 2.45) is 0 Å². The summed E-state index contributed by atoms with van der Waals surface area (Å²) in [5.41, 5.74) is 2.11. The van der Waals surface area contributed by atoms with E-state index in [4.69, 9.17) is 5.11 Å². The van der Waals surface area contributed by atoms with Crippen LogP contribution in [-0.4, -0.2) is 34.7 Å². The molecular weight excluding hydrogens is 420 g/mol. The van der Waals surface area contributed by atoms with Gasteiger partial charge in [-0.05, 0) is 24.1 Å². The lowest BCUT2D eigenvalue weighted by atomic mass is 10.0. The molecule has 0 fully saturated rings. The number of carboxylic acid groups (broad SMARTS) is 1. The molecule has 3 N–H and O–H groups in total. The molecule has 0 heterocycles. The van der Waals surface area contributed by atoms with Crippen molar-refractivity contribution in [3.8, 4) is 0 Å². The Morgan fingerprint density at radius 3 is 1.88 bits per heavy atom. The molecule has 33 heavy (non-hydrogen) atoms. The van der Waals surface area contributed by atoms with E-state index in [1.54, 1.807) is 36.4 Å². The minimum Gasteiger partial charge on any atom is -0.481 e. The first kappa shape index (κ1) is 23.4. The number of nitrogens with one attached hydrogen (secondary N) is 2. The van der Waals surface area contributed by atoms with Gasteiger partial charge in [-0.25, -0.2) is 0 Å². The normalized spacial score (nSPS) is 11.3. The summed E-state index contributed by atoms with van der Waals surface area (Å²) < 4.78 is 0. The van der Waals surface area contributed by atoms with Gasteiger partial charge in [0, 0.05) is 29.7 Å². The molecule has 0 aliphatic carbocycles. The van der Waals surface area contributed by atoms with Crippen molar-refractivity contribution in [1.29, 1.82) is 0 Å². The van der Waals surface area contributed by atoms with Crippen LogP contribution in [0.4, 0.5) is 0 Å². The topological polar surface area (TPSA) is 113 Å². The van der Waals surface area contributed by atoms with Crippen molar-refractivity contribution in [1.82, 2.24) is 10.6 Å². The zero-order valence-electron chi connectivity index (χ0n) is 17.9. The van der Waals surface area contributed by atoms with Crippen molar-refractivity contribution >= 4 is 23.6 Å². The second kappa shape index (κ2) is 11.4. The van der Waals surface area contributed by atoms with Crippen molar-refractivity contribution in [2.45, 2.75) is 25.4 Å². The first-order chi connectivity index (χ1) is 15.9. The molecule has 7 nitrogen and oxygen atoms in total. The summed E-state index contributed by atoms with van der Waals surface area (Å²) in [5.74, 6) is -2.22. The number of rotatable bonds is 10. The third-order valence-corrected chi connectivity index (χ3v) is 5.02. The second-order valence-electron chi connectivity index (χ2n) is 7.43. The van der Waals surface area contributed by atoms with Crippen LogP contribution >= 0.6 is 0 Å². The smallest absolute Gasteiger partial charge is 0.303 e. The molecule has 3 aromatic rings. The van der Waals surface area contributed by atoms with Gasteiger partial charge in [0.25, 0.3) is 5.91 Å². The van der Waals surface area contributed by atoms with Crippen molar-refractivity contribution < 1.29 is 24.3 Å². The van der Waals surface area contributed by atoms with Gasteiger partial charge < -0.3 is 15.7 Å². The highest BCUT2D eigenvalue weighted by atomic mass is 16.4. The molecule has 3 aromatic carbocycles. The van der Waals surface area contributed by atoms with E-state index in [2.05, 4.69) is 10.6 Å². The standard InChI is InChI=1S/C26H24N2O5/c29-23(30)16-15-22(26(33)27-17-18-7-3-1-4-8-18)28-25(32)21-13-11-20(12-14-21)24(31)19-9-5-2-6-10-19/h1-14,22H,15-17H2,(H,27,33)(H,28,32)(H,29,30)/t22-/m0/s1. The van der Waals surface area contributed by atoms with Crippen LogP contribution < -0.4 is 10.6 Å². The van der Waals surface area contributed by atoms with E-state index in [0.29, 0.717) is 11.1 Å². The summed E-state index contributed by atoms with van der Waals surface area (Å²) in [6.45, 7) is 0.259. The van der Waals surface area contributed by atoms with E-state index >= 15 is 0 Å². The Hall–Kier alpha value is -4.26. The fourth-order valence-corrected chi connectivity index (χ4v) is 3.22. The molecule has 1 atom stereocenters. The van der Waals surface area contributed by atoms with Crippen molar-refractivity contribution in [3.05, 3.63) is 107 Å². The van der Waals surface area contributed by atoms with E-state index in [-0.39, 0.29) is 30.7 Å². The van der Waals surface area contributed by atoms with E-state index in [9.17, 15) is 19.2 Å². The van der Waals surface area contributed by atoms with Crippen LogP contribution in [0.1, 0.15) is 44.7 Å². The van der Waals surface area contributed by atoms with Gasteiger partial charge in [-0.1, -0.05) is 72.8 Å². The number of carbonyl (C=O) groups is 4. The molecule has 0 radical (unpaired) electrons. The van der Waals surface area contributed by atoms with Crippen LogP contribution in [0.5, 0.6) is 0 Å². The van der Waals surface area contributed by atoms with Crippen molar-refractivity contribution in [2.75, 3.05) is 0 Å². The van der Waals surface area contributed by atoms with Crippen LogP contribution in [-0.2, 0) is 16.1 Å². The molecule has 0 saturated carbocycles. The number of hydrogen-bond donors (Lipinski definition) is 3. The fraction of sp³-hybridized carbons (Fsp3) is 0.154. The van der Waals surface area contributed by atoms with Gasteiger partial charge in [-0.15, -0.1) is 0 Å². The van der Waals surface area contributed by atoms with Crippen LogP contribution in [0.3, 0.4) is 0 Å². The van der Waals surface area contributed by atoms with Gasteiger partial charge in [0.2, 0.25) is 5.91 Å². The third kappa shape index (κ3) is 6.87. The molecule has 7 heteroatoms. The fourth-order valence-electron chi connectivity index (χ4n) is 3.22. The Balaban J connectivity index is 1.65. The van der Waals surface area contributed by atoms with E-state index in [1.807, 2.05) is 36.4 Å². The van der Waals surface area contributed by atoms with Gasteiger partial charge in [-0.2, -0.15) is 0 Å². The van der Waals surface area contributed by atoms with E-state index in [0.717, 1.165) is 5.56 Å². The molecule has 0 aliphatic rings. The highest BCUT2D eigenvalue weighted by molar-refractivity contribution is 6.09. The average molecular weight is 444 g/mol. The van der Waals surface area contributed by atoms with Gasteiger partial charge in [0.1, 0.15) is 6.04 Å². The van der Waals surface area contributed by atoms with Crippen LogP contribution in [0.2, 0.25) is 0 Å². The number of aliphatic carboxylic acids is 1. The number of carboxylic acids is 1. The maximum Gasteiger partial charge on any atom is 0.303 e. The van der Waals surface area contributed by atoms with Gasteiger partial charge in [0.05, 0.1) is 0 Å². The Morgan fingerprint density at radius 1 is 0.727 bits per heavy atom. The molecule has 0 saturated heterocycles. The summed E-state index contributed by atoms with van der Waals surface area (Å²) in [7, 11) is 0. The highest BCUT2D eigenvalue weighted by Crippen LogP contribution is 2.12. The quantitative estimate of drug-likeness (QED) is 0.416. The Kier molecular flexibility index (Phi) is 8.07. The van der Waals surface area contributed by atoms with Gasteiger partial charge in [-0.3, -0.25) is 19.2 Å². The number of benzene rings is 3. The lowest BCUT2D eigenvalue weighted by molar-refractivity contribution is -0.137. The predicted molar refractivity (Wildman–Crippen MR) is 123 cm³/mol. The molecule has 0 unspecified atom stereocenters. The Bertz CT molecular complexity index is 1110. The number of ketones is 1. The first-order valence-corrected chi connectivity index (χ1v) is 10.5. The van der Waals surface area contributed by atoms with Crippen LogP contribution in [0.15, 0.2) is 84.9 Å². The highest BCUT2D eigenvalue weighted by Gasteiger charge is 2.22. The monoisotopic (exact) mass is 444 g/mol. The molecule has 0 bridgehead atoms. The SMILES string of the molecule is O=C(O)CC[C@H](NC(=O)c1ccc(C(=O)c2ccccc2)cc1)C(=O)NCc1ccccc1. The van der Waals surface area contributed by atoms with Crippen LogP contribution in [0, 0.1) is 0 Å². The maximum absolute atomic E-state index is 12.7. The average Bonchev–Trinajstić information content (AvgIpc) is 2.85. The Labute approximate surface area is 191 Å². The van der Waals surface area contributed by atoms with E-state index in [1.165, 1.54) is 12.1 Å². The Morgan fingerprint density at radius 2 is 1.27 bits per heavy atom. The zero-order chi connectivity index (χ0) is 23.6. The van der Waals surface area contributed by atoms with Crippen LogP contribution in [0.25, 0.3) is 0 Å². The summed E-state index contributed by atoms with van der Waals surface area (Å²) in [6.07, 6.45) is -0.319. The minimum absolute atomic E-state index is 0.0493. The maximum atomic E-state index is 12.7. The molecule has 2 amide bonds. The zero-order valence-corrected chi connectivity index (χ0v) is 17.9. The largest absolute Gasteiger partial charge is 0.481 e. The summed E-state index contributed by atoms with van der Waals surface area (Å²) in [4.78, 5) is 48.9. The van der Waals surface area contributed by atoms with Gasteiger partial charge in [0.15, 0.2) is 5.78 Å². The lowest BCUT2D eigenvalue weighted by Gasteiger charge is -2.18. The number of carbonyl (C=O) groups excluding carboxylic acids is 3. The lowest BCUT2D eigenvalue weighted by Crippen LogP contribution is -2.46. The van der Waals surface area contributed by atoms with Crippen molar-refractivity contribution in [3.63, 3.8) is 0 Å². The summed E-state index contributed by atoms with van der Waals surface area (Å²) in [5, 5.41) is 14.3. The summed E-state index contributed by atoms with van der Waals surface area (Å²) >= 11 is 0. The van der Waals surface area contributed by atoms with E-state index < -0.39 is 23.8 Å². The first-order valence-electron chi connectivity index (χ1n) is 10.5.